The molecule has 4 aliphatic carbocycles. The van der Waals surface area contributed by atoms with E-state index >= 15 is 0 Å². The number of para-hydroxylation sites is 2. The lowest BCUT2D eigenvalue weighted by Crippen LogP contribution is -2.48. The molecule has 0 bridgehead atoms. The predicted octanol–water partition coefficient (Wildman–Crippen LogP) is 37.2. The Hall–Kier alpha value is -8.59. The van der Waals surface area contributed by atoms with Gasteiger partial charge in [-0.2, -0.15) is 4.90 Å². The third kappa shape index (κ3) is 62.1. The third-order valence-electron chi connectivity index (χ3n) is 28.1. The largest absolute Gasteiger partial charge is 0.444 e. The fourth-order valence-electron chi connectivity index (χ4n) is 17.7. The van der Waals surface area contributed by atoms with Crippen LogP contribution in [-0.4, -0.2) is 174 Å². The number of anilines is 2. The van der Waals surface area contributed by atoms with E-state index in [1.807, 2.05) is 119 Å². The normalized spacial score (nSPS) is 14.8. The van der Waals surface area contributed by atoms with Gasteiger partial charge < -0.3 is 52.1 Å². The van der Waals surface area contributed by atoms with Crippen molar-refractivity contribution in [1.82, 2.24) is 19.6 Å². The highest BCUT2D eigenvalue weighted by atomic mass is 16.6. The topological polar surface area (TPSA) is 318 Å². The van der Waals surface area contributed by atoms with Gasteiger partial charge in [-0.25, -0.2) is 72.3 Å². The number of hydrogen-bond acceptors (Lipinski definition) is 22. The molecule has 0 spiro atoms. The van der Waals surface area contributed by atoms with Gasteiger partial charge in [0, 0.05) is 31.9 Å². The molecule has 28 nitrogen and oxygen atoms in total. The summed E-state index contributed by atoms with van der Waals surface area (Å²) in [5.41, 5.74) is -5.10. The van der Waals surface area contributed by atoms with Crippen LogP contribution in [0.2, 0.25) is 0 Å². The summed E-state index contributed by atoms with van der Waals surface area (Å²) in [5, 5.41) is 2.64. The molecule has 1 N–H and O–H groups in total. The molecular formula is C122H216N6O22. The number of benzene rings is 2. The molecule has 4 saturated carbocycles. The van der Waals surface area contributed by atoms with E-state index < -0.39 is 129 Å². The first-order valence-corrected chi connectivity index (χ1v) is 58.5. The summed E-state index contributed by atoms with van der Waals surface area (Å²) in [5.74, 6) is 0.695. The lowest BCUT2D eigenvalue weighted by atomic mass is 9.79. The van der Waals surface area contributed by atoms with E-state index in [0.717, 1.165) is 187 Å². The number of nitrogens with zero attached hydrogens (tertiary/aromatic N) is 5. The molecule has 150 heavy (non-hydrogen) atoms. The SMILES string of the molecule is CC(C)(C)OC(=O)Nc1ccccc1.CCC(C)(C)OC(=O)N(C(=O)OC(C)(C)CC)c1ccccc1.CCCCCCCCCN(C(=O)OC(C)(C)C)C(=O)OC(C)(C)C.CCCCCCCCCN(C(=O)OC(C)(C)C)C(=O)OC(C)(C)CC.CCCCCCCCCN(C(=O)OC(C)(C)C1CCCCC1)C(=O)OC(C)(C)C1CCCCC1.CCCCCCCCCN(C(=O)OC1(CC)CCCC1)C(=O)OC1(CC)CCCC1. The standard InChI is InChI=1S/C29H53NO4.C25H45NO4.C20H39NO4.C19H37NO4.C18H27NO4.C11H15NO2/c1-6-7-8-9-10-11-18-23-30(26(31)33-28(2,3)24-19-14-12-15-20-24)27(32)34-29(4,5)25-21-16-13-17-22-25;1-4-7-8-9-10-11-16-21-26(22(27)29-24(5-2)17-12-13-18-24)23(28)30-25(6-3)19-14-15-20-25;1-8-10-11-12-13-14-15-16-21(17(22)24-19(3,4)5)18(23)25-20(6,7)9-2;1-8-9-10-11-12-13-14-15-20(16(21)23-18(2,3)4)17(22)24-19(5,6)7;1-7-17(3,4)22-15(20)19(14-12-10-9-11-13-14)16(21)23-18(5,6)8-2;1-11(2,3)14-10(13)12-9-7-5-4-6-8-9/h24-25H,6-23H2,1-5H3;4-21H2,1-3H3;8-16H2,1-7H3;8-15H2,1-7H3;9-13H,7-8H2,1-6H3;4-8H,1-3H3,(H,12,13). The molecule has 4 fully saturated rings. The van der Waals surface area contributed by atoms with Gasteiger partial charge in [-0.15, -0.1) is 0 Å². The molecular weight excluding hydrogens is 1900 g/mol. The number of unbranched alkanes of at least 4 members (excludes halogenated alkanes) is 24. The van der Waals surface area contributed by atoms with Crippen LogP contribution < -0.4 is 10.2 Å². The minimum absolute atomic E-state index is 0.331. The summed E-state index contributed by atoms with van der Waals surface area (Å²) in [6, 6.07) is 17.9. The molecule has 2 aromatic carbocycles. The maximum absolute atomic E-state index is 13.3. The molecule has 4 aliphatic rings. The van der Waals surface area contributed by atoms with Gasteiger partial charge in [-0.1, -0.05) is 291 Å². The van der Waals surface area contributed by atoms with Crippen LogP contribution in [0.25, 0.3) is 0 Å². The van der Waals surface area contributed by atoms with Gasteiger partial charge in [0.25, 0.3) is 0 Å². The molecule has 0 aromatic heterocycles. The van der Waals surface area contributed by atoms with Crippen molar-refractivity contribution in [2.75, 3.05) is 36.4 Å². The van der Waals surface area contributed by atoms with Crippen LogP contribution in [0, 0.1) is 11.8 Å². The number of nitrogens with one attached hydrogen (secondary N) is 1. The van der Waals surface area contributed by atoms with Crippen LogP contribution >= 0.6 is 0 Å². The van der Waals surface area contributed by atoms with E-state index in [0.29, 0.717) is 63.0 Å². The average molecular weight is 2120 g/mol. The van der Waals surface area contributed by atoms with Crippen molar-refractivity contribution >= 4 is 78.4 Å². The van der Waals surface area contributed by atoms with Crippen molar-refractivity contribution in [3.63, 3.8) is 0 Å². The first kappa shape index (κ1) is 139. The number of ether oxygens (including phenoxy) is 11. The smallest absolute Gasteiger partial charge is 0.424 e. The van der Waals surface area contributed by atoms with Gasteiger partial charge in [-0.3, -0.25) is 5.32 Å². The summed E-state index contributed by atoms with van der Waals surface area (Å²) >= 11 is 0. The number of rotatable bonds is 48. The molecule has 0 aliphatic heterocycles. The second-order valence-electron chi connectivity index (χ2n) is 48.5. The molecule has 11 amide bonds. The van der Waals surface area contributed by atoms with E-state index in [1.54, 1.807) is 114 Å². The summed E-state index contributed by atoms with van der Waals surface area (Å²) in [4.78, 5) is 144. The Bertz CT molecular complexity index is 3920. The van der Waals surface area contributed by atoms with Crippen molar-refractivity contribution in [1.29, 1.82) is 0 Å². The minimum Gasteiger partial charge on any atom is -0.444 e. The van der Waals surface area contributed by atoms with Gasteiger partial charge in [0.05, 0.1) is 5.69 Å². The molecule has 866 valence electrons. The van der Waals surface area contributed by atoms with E-state index in [2.05, 4.69) is 46.9 Å². The van der Waals surface area contributed by atoms with E-state index in [9.17, 15) is 52.7 Å². The number of imide groups is 5. The summed E-state index contributed by atoms with van der Waals surface area (Å²) in [6.45, 7) is 60.6. The Labute approximate surface area is 910 Å². The van der Waals surface area contributed by atoms with Crippen molar-refractivity contribution in [2.24, 2.45) is 11.8 Å². The van der Waals surface area contributed by atoms with Gasteiger partial charge >= 0.3 is 67.0 Å². The van der Waals surface area contributed by atoms with Crippen LogP contribution in [0.1, 0.15) is 542 Å². The average Bonchev–Trinajstić information content (AvgIpc) is 1.74. The summed E-state index contributed by atoms with van der Waals surface area (Å²) < 4.78 is 61.5. The van der Waals surface area contributed by atoms with Gasteiger partial charge in [0.15, 0.2) is 0 Å². The van der Waals surface area contributed by atoms with Crippen molar-refractivity contribution in [3.05, 3.63) is 60.7 Å². The Morgan fingerprint density at radius 3 is 0.753 bits per heavy atom. The number of amides is 11. The molecule has 2 aromatic rings. The monoisotopic (exact) mass is 2120 g/mol. The Morgan fingerprint density at radius 1 is 0.267 bits per heavy atom. The molecule has 0 unspecified atom stereocenters. The predicted molar refractivity (Wildman–Crippen MR) is 605 cm³/mol. The Balaban J connectivity index is 0.000000914. The molecule has 0 saturated heterocycles. The van der Waals surface area contributed by atoms with Gasteiger partial charge in [-0.05, 0) is 323 Å². The van der Waals surface area contributed by atoms with Crippen molar-refractivity contribution in [3.8, 4) is 0 Å². The second-order valence-corrected chi connectivity index (χ2v) is 48.5. The number of carbonyl (C=O) groups is 11. The maximum Gasteiger partial charge on any atom is 0.424 e. The minimum atomic E-state index is -0.736. The zero-order valence-corrected chi connectivity index (χ0v) is 101. The molecule has 0 heterocycles. The molecule has 6 rings (SSSR count). The van der Waals surface area contributed by atoms with E-state index in [4.69, 9.17) is 52.1 Å². The first-order valence-electron chi connectivity index (χ1n) is 58.5. The lowest BCUT2D eigenvalue weighted by molar-refractivity contribution is -0.0530. The van der Waals surface area contributed by atoms with Crippen LogP contribution in [0.5, 0.6) is 0 Å². The van der Waals surface area contributed by atoms with Crippen LogP contribution in [0.4, 0.5) is 64.1 Å². The Morgan fingerprint density at radius 2 is 0.500 bits per heavy atom. The van der Waals surface area contributed by atoms with E-state index in [-0.39, 0.29) is 0 Å². The highest BCUT2D eigenvalue weighted by Gasteiger charge is 2.45. The fourth-order valence-corrected chi connectivity index (χ4v) is 17.7. The second kappa shape index (κ2) is 72.2. The van der Waals surface area contributed by atoms with Crippen molar-refractivity contribution < 1.29 is 105 Å². The van der Waals surface area contributed by atoms with Crippen LogP contribution in [-0.2, 0) is 52.1 Å². The van der Waals surface area contributed by atoms with E-state index in [1.165, 1.54) is 151 Å². The van der Waals surface area contributed by atoms with Crippen molar-refractivity contribution in [2.45, 2.75) is 604 Å². The maximum atomic E-state index is 13.3. The highest BCUT2D eigenvalue weighted by molar-refractivity contribution is 6.09. The van der Waals surface area contributed by atoms with Gasteiger partial charge in [0.2, 0.25) is 0 Å². The summed E-state index contributed by atoms with van der Waals surface area (Å²) in [6.07, 6.45) is 48.2. The first-order chi connectivity index (χ1) is 70.2. The highest BCUT2D eigenvalue weighted by Crippen LogP contribution is 2.42. The molecule has 28 heteroatoms. The van der Waals surface area contributed by atoms with Crippen LogP contribution in [0.15, 0.2) is 60.7 Å². The van der Waals surface area contributed by atoms with Crippen LogP contribution in [0.3, 0.4) is 0 Å². The zero-order valence-electron chi connectivity index (χ0n) is 101. The molecule has 0 atom stereocenters. The molecule has 0 radical (unpaired) electrons. The zero-order chi connectivity index (χ0) is 113. The quantitative estimate of drug-likeness (QED) is 0.0475. The Kier molecular flexibility index (Phi) is 67.1. The number of carbonyl (C=O) groups excluding carboxylic acids is 11. The fraction of sp³-hybridized carbons (Fsp3) is 0.811. The van der Waals surface area contributed by atoms with Gasteiger partial charge in [0.1, 0.15) is 61.6 Å². The summed E-state index contributed by atoms with van der Waals surface area (Å²) in [7, 11) is 0. The lowest BCUT2D eigenvalue weighted by Gasteiger charge is -2.39. The number of hydrogen-bond donors (Lipinski definition) is 1. The third-order valence-corrected chi connectivity index (χ3v) is 28.1.